The van der Waals surface area contributed by atoms with E-state index in [1.54, 1.807) is 44.2 Å². The van der Waals surface area contributed by atoms with Gasteiger partial charge in [0.15, 0.2) is 6.23 Å². The van der Waals surface area contributed by atoms with Gasteiger partial charge >= 0.3 is 18.3 Å². The van der Waals surface area contributed by atoms with Gasteiger partial charge in [0, 0.05) is 11.8 Å². The summed E-state index contributed by atoms with van der Waals surface area (Å²) in [7, 11) is 0. The first-order valence-electron chi connectivity index (χ1n) is 11.2. The van der Waals surface area contributed by atoms with Gasteiger partial charge in [-0.1, -0.05) is 29.8 Å². The third kappa shape index (κ3) is 7.05. The molecular weight excluding hydrogens is 552 g/mol. The Bertz CT molecular complexity index is 1270. The zero-order valence-corrected chi connectivity index (χ0v) is 22.9. The minimum atomic E-state index is -3.52. The number of carbonyl (C=O) groups excluding carboxylic acids is 1. The van der Waals surface area contributed by atoms with Crippen LogP contribution in [0.15, 0.2) is 46.1 Å². The summed E-state index contributed by atoms with van der Waals surface area (Å²) in [6.07, 6.45) is -4.44. The average molecular weight is 580 g/mol. The van der Waals surface area contributed by atoms with E-state index in [1.165, 1.54) is 13.8 Å². The first kappa shape index (κ1) is 29.4. The van der Waals surface area contributed by atoms with Crippen molar-refractivity contribution in [3.63, 3.8) is 0 Å². The van der Waals surface area contributed by atoms with Crippen molar-refractivity contribution in [2.45, 2.75) is 63.4 Å². The lowest BCUT2D eigenvalue weighted by Gasteiger charge is -2.28. The number of para-hydroxylation sites is 1. The summed E-state index contributed by atoms with van der Waals surface area (Å²) >= 11 is 11.5. The van der Waals surface area contributed by atoms with E-state index in [1.807, 2.05) is 4.98 Å². The Morgan fingerprint density at radius 1 is 1.35 bits per heavy atom. The van der Waals surface area contributed by atoms with Crippen molar-refractivity contribution in [2.75, 3.05) is 6.61 Å². The van der Waals surface area contributed by atoms with Gasteiger partial charge < -0.3 is 23.6 Å². The summed E-state index contributed by atoms with van der Waals surface area (Å²) in [5, 5.41) is 10.4. The second-order valence-corrected chi connectivity index (χ2v) is 12.4. The minimum Gasteiger partial charge on any atom is -0.462 e. The summed E-state index contributed by atoms with van der Waals surface area (Å²) in [4.78, 5) is 38.3. The zero-order chi connectivity index (χ0) is 27.5. The van der Waals surface area contributed by atoms with Crippen LogP contribution >= 0.6 is 18.2 Å². The number of hydrogen-bond acceptors (Lipinski definition) is 9. The van der Waals surface area contributed by atoms with Crippen molar-refractivity contribution in [1.82, 2.24) is 14.6 Å². The summed E-state index contributed by atoms with van der Waals surface area (Å²) < 4.78 is 38.5. The lowest BCUT2D eigenvalue weighted by atomic mass is 10.1. The third-order valence-corrected chi connectivity index (χ3v) is 8.12. The lowest BCUT2D eigenvalue weighted by molar-refractivity contribution is -0.149. The molecule has 0 saturated carbocycles. The topological polar surface area (TPSA) is 141 Å². The van der Waals surface area contributed by atoms with Crippen molar-refractivity contribution < 1.29 is 32.8 Å². The van der Waals surface area contributed by atoms with Crippen molar-refractivity contribution >= 4 is 36.0 Å². The first-order chi connectivity index (χ1) is 17.2. The molecule has 37 heavy (non-hydrogen) atoms. The van der Waals surface area contributed by atoms with Crippen LogP contribution in [0.4, 0.5) is 4.39 Å². The highest BCUT2D eigenvalue weighted by atomic mass is 35.5. The van der Waals surface area contributed by atoms with Gasteiger partial charge in [0.2, 0.25) is 0 Å². The average Bonchev–Trinajstić information content (AvgIpc) is 3.03. The molecule has 2 aromatic rings. The molecule has 0 radical (unpaired) electrons. The molecule has 1 fully saturated rings. The van der Waals surface area contributed by atoms with E-state index in [9.17, 15) is 19.5 Å². The van der Waals surface area contributed by atoms with Gasteiger partial charge in [-0.05, 0) is 51.6 Å². The smallest absolute Gasteiger partial charge is 0.330 e. The second-order valence-electron chi connectivity index (χ2n) is 8.66. The predicted octanol–water partition coefficient (Wildman–Crippen LogP) is 2.26. The molecule has 204 valence electrons. The molecule has 1 aliphatic rings. The number of nitrogens with zero attached hydrogens (tertiary/aromatic N) is 1. The van der Waals surface area contributed by atoms with E-state index in [2.05, 4.69) is 5.09 Å². The van der Waals surface area contributed by atoms with Crippen LogP contribution in [0.1, 0.15) is 32.6 Å². The van der Waals surface area contributed by atoms with Gasteiger partial charge in [-0.3, -0.25) is 19.1 Å². The number of esters is 1. The highest BCUT2D eigenvalue weighted by molar-refractivity contribution is 8.09. The Morgan fingerprint density at radius 3 is 2.62 bits per heavy atom. The number of aryl methyl sites for hydroxylation is 1. The largest absolute Gasteiger partial charge is 0.462 e. The van der Waals surface area contributed by atoms with Crippen molar-refractivity contribution in [3.8, 4) is 5.75 Å². The van der Waals surface area contributed by atoms with Crippen LogP contribution in [0.5, 0.6) is 5.75 Å². The number of hydrogen-bond donors (Lipinski definition) is 3. The van der Waals surface area contributed by atoms with Crippen LogP contribution in [0.25, 0.3) is 0 Å². The fraction of sp³-hybridized carbons (Fsp3) is 0.500. The standard InChI is InChI=1S/C22H28ClFN3O8PS/c1-12(2)33-19(30)14(4)26-36(37,35-15-8-6-5-7-9-15)32-11-16-17(28)22(23,24)20(34-16)27-10-13(3)18(29)25-21(27)31/h5-10,12,14,16-17,20,28H,11H2,1-4H3,(H,26,37)(H,25,29,31)/t14-,16+,17+,20+,22-,36+/m0/s1. The van der Waals surface area contributed by atoms with Gasteiger partial charge in [0.05, 0.1) is 12.7 Å². The molecule has 3 N–H and O–H groups in total. The Morgan fingerprint density at radius 2 is 2.00 bits per heavy atom. The number of aliphatic hydroxyl groups is 1. The number of aromatic nitrogens is 2. The molecule has 11 nitrogen and oxygen atoms in total. The second kappa shape index (κ2) is 11.7. The van der Waals surface area contributed by atoms with Crippen LogP contribution in [0.2, 0.25) is 0 Å². The molecule has 0 spiro atoms. The Kier molecular flexibility index (Phi) is 9.33. The summed E-state index contributed by atoms with van der Waals surface area (Å²) in [5.74, 6) is -0.265. The van der Waals surface area contributed by atoms with Crippen LogP contribution in [0.3, 0.4) is 0 Å². The van der Waals surface area contributed by atoms with Gasteiger partial charge in [-0.15, -0.1) is 0 Å². The molecule has 0 unspecified atom stereocenters. The molecule has 1 saturated heterocycles. The minimum absolute atomic E-state index is 0.100. The van der Waals surface area contributed by atoms with E-state index in [0.717, 1.165) is 10.8 Å². The van der Waals surface area contributed by atoms with Crippen molar-refractivity contribution in [1.29, 1.82) is 0 Å². The van der Waals surface area contributed by atoms with Gasteiger partial charge in [0.1, 0.15) is 24.0 Å². The van der Waals surface area contributed by atoms with Gasteiger partial charge in [-0.25, -0.2) is 14.3 Å². The maximum atomic E-state index is 15.4. The van der Waals surface area contributed by atoms with Crippen molar-refractivity contribution in [3.05, 3.63) is 62.9 Å². The number of rotatable bonds is 10. The number of nitrogens with one attached hydrogen (secondary N) is 2. The quantitative estimate of drug-likeness (QED) is 0.218. The molecule has 15 heteroatoms. The zero-order valence-electron chi connectivity index (χ0n) is 20.4. The fourth-order valence-electron chi connectivity index (χ4n) is 3.37. The lowest BCUT2D eigenvalue weighted by Crippen LogP contribution is -2.42. The molecule has 0 bridgehead atoms. The molecular formula is C22H28ClFN3O8PS. The molecule has 3 rings (SSSR count). The van der Waals surface area contributed by atoms with Crippen LogP contribution in [-0.2, 0) is 30.6 Å². The van der Waals surface area contributed by atoms with Crippen molar-refractivity contribution in [2.24, 2.45) is 0 Å². The molecule has 1 aromatic carbocycles. The number of carbonyl (C=O) groups is 1. The van der Waals surface area contributed by atoms with E-state index in [-0.39, 0.29) is 11.7 Å². The fourth-order valence-corrected chi connectivity index (χ4v) is 6.09. The van der Waals surface area contributed by atoms with E-state index < -0.39 is 60.1 Å². The number of halogens is 2. The summed E-state index contributed by atoms with van der Waals surface area (Å²) in [5.41, 5.74) is -1.54. The third-order valence-electron chi connectivity index (χ3n) is 5.21. The highest BCUT2D eigenvalue weighted by Gasteiger charge is 2.58. The number of benzene rings is 1. The van der Waals surface area contributed by atoms with Crippen LogP contribution < -0.4 is 20.9 Å². The molecule has 0 amide bonds. The monoisotopic (exact) mass is 579 g/mol. The number of alkyl halides is 2. The molecule has 1 aliphatic heterocycles. The van der Waals surface area contributed by atoms with Crippen LogP contribution in [0, 0.1) is 6.92 Å². The molecule has 2 heterocycles. The molecule has 0 aliphatic carbocycles. The SMILES string of the molecule is Cc1cn([C@@H]2O[C@H](CO[P@](=S)(N[C@@H](C)C(=O)OC(C)C)Oc3ccccc3)[C@@H](O)[C@@]2(F)Cl)c(=O)[nH]c1=O. The van der Waals surface area contributed by atoms with Gasteiger partial charge in [-0.2, -0.15) is 0 Å². The Balaban J connectivity index is 1.82. The van der Waals surface area contributed by atoms with E-state index in [4.69, 9.17) is 41.9 Å². The summed E-state index contributed by atoms with van der Waals surface area (Å²) in [6, 6.07) is 7.48. The Hall–Kier alpha value is -2.12. The first-order valence-corrected chi connectivity index (χ1v) is 14.3. The number of aromatic amines is 1. The molecule has 1 aromatic heterocycles. The highest BCUT2D eigenvalue weighted by Crippen LogP contribution is 2.48. The number of H-pyrrole nitrogens is 1. The Labute approximate surface area is 222 Å². The van der Waals surface area contributed by atoms with E-state index in [0.29, 0.717) is 5.75 Å². The van der Waals surface area contributed by atoms with Crippen LogP contribution in [-0.4, -0.2) is 56.7 Å². The molecule has 6 atom stereocenters. The number of ether oxygens (including phenoxy) is 2. The van der Waals surface area contributed by atoms with E-state index >= 15 is 4.39 Å². The predicted molar refractivity (Wildman–Crippen MR) is 137 cm³/mol. The summed E-state index contributed by atoms with van der Waals surface area (Å²) in [6.45, 7) is 2.26. The maximum Gasteiger partial charge on any atom is 0.330 e. The maximum absolute atomic E-state index is 15.4. The number of aliphatic hydroxyl groups excluding tert-OH is 1. The normalized spacial score (nSPS) is 26.0. The van der Waals surface area contributed by atoms with Gasteiger partial charge in [0.25, 0.3) is 10.7 Å².